The predicted molar refractivity (Wildman–Crippen MR) is 61.4 cm³/mol. The number of carboxylic acids is 1. The molecule has 18 heavy (non-hydrogen) atoms. The topological polar surface area (TPSA) is 113 Å². The van der Waals surface area contributed by atoms with E-state index >= 15 is 0 Å². The quantitative estimate of drug-likeness (QED) is 0.553. The molecule has 0 aliphatic rings. The number of amides is 1. The number of anilines is 1. The van der Waals surface area contributed by atoms with Crippen LogP contribution in [0.1, 0.15) is 16.8 Å². The van der Waals surface area contributed by atoms with E-state index in [4.69, 9.17) is 15.9 Å². The summed E-state index contributed by atoms with van der Waals surface area (Å²) in [6.45, 7) is -0.0533. The molecule has 0 radical (unpaired) electrons. The molecule has 0 saturated heterocycles. The highest BCUT2D eigenvalue weighted by Crippen LogP contribution is 2.15. The van der Waals surface area contributed by atoms with Crippen molar-refractivity contribution < 1.29 is 24.2 Å². The zero-order valence-electron chi connectivity index (χ0n) is 9.39. The van der Waals surface area contributed by atoms with E-state index in [1.807, 2.05) is 0 Å². The second kappa shape index (κ2) is 5.97. The minimum atomic E-state index is -1.55. The van der Waals surface area contributed by atoms with E-state index in [0.717, 1.165) is 6.07 Å². The Kier molecular flexibility index (Phi) is 4.61. The fraction of sp³-hybridized carbons (Fsp3) is 0.273. The van der Waals surface area contributed by atoms with Crippen molar-refractivity contribution >= 4 is 17.6 Å². The van der Waals surface area contributed by atoms with Gasteiger partial charge in [0.1, 0.15) is 5.82 Å². The van der Waals surface area contributed by atoms with Crippen LogP contribution in [0.2, 0.25) is 0 Å². The lowest BCUT2D eigenvalue weighted by Gasteiger charge is -2.09. The molecule has 1 aromatic rings. The Labute approximate surface area is 102 Å². The Morgan fingerprint density at radius 2 is 2.11 bits per heavy atom. The smallest absolute Gasteiger partial charge is 0.332 e. The Hall–Kier alpha value is -2.15. The van der Waals surface area contributed by atoms with E-state index in [9.17, 15) is 14.0 Å². The van der Waals surface area contributed by atoms with E-state index in [-0.39, 0.29) is 24.2 Å². The predicted octanol–water partition coefficient (Wildman–Crippen LogP) is -0.0267. The number of carboxylic acid groups (broad SMARTS) is 1. The molecule has 98 valence electrons. The van der Waals surface area contributed by atoms with Crippen molar-refractivity contribution in [2.24, 2.45) is 0 Å². The highest BCUT2D eigenvalue weighted by molar-refractivity contribution is 5.99. The van der Waals surface area contributed by atoms with Crippen LogP contribution in [0.15, 0.2) is 18.2 Å². The summed E-state index contributed by atoms with van der Waals surface area (Å²) in [5, 5.41) is 19.7. The first-order chi connectivity index (χ1) is 8.43. The Morgan fingerprint density at radius 3 is 2.72 bits per heavy atom. The minimum Gasteiger partial charge on any atom is -0.479 e. The van der Waals surface area contributed by atoms with Gasteiger partial charge in [0.25, 0.3) is 5.91 Å². The number of hydrogen-bond acceptors (Lipinski definition) is 4. The van der Waals surface area contributed by atoms with Crippen molar-refractivity contribution in [2.75, 3.05) is 12.3 Å². The first-order valence-corrected chi connectivity index (χ1v) is 5.16. The van der Waals surface area contributed by atoms with Crippen molar-refractivity contribution in [3.05, 3.63) is 29.6 Å². The molecule has 1 atom stereocenters. The number of nitrogen functional groups attached to an aromatic ring is 1. The molecule has 0 heterocycles. The van der Waals surface area contributed by atoms with Crippen LogP contribution in [-0.2, 0) is 4.79 Å². The van der Waals surface area contributed by atoms with Crippen LogP contribution in [0.25, 0.3) is 0 Å². The second-order valence-corrected chi connectivity index (χ2v) is 3.60. The Bertz CT molecular complexity index is 464. The molecule has 5 N–H and O–H groups in total. The molecule has 0 aliphatic carbocycles. The molecule has 1 amide bonds. The van der Waals surface area contributed by atoms with E-state index in [1.165, 1.54) is 12.1 Å². The number of hydrogen-bond donors (Lipinski definition) is 4. The standard InChI is InChI=1S/C11H13FN2O4/c12-7-3-1-2-6(9(7)13)10(16)14-5-4-8(15)11(17)18/h1-3,8,15H,4-5,13H2,(H,14,16)(H,17,18)/t8-/m0/s1. The number of aliphatic hydroxyl groups is 1. The number of aliphatic hydroxyl groups excluding tert-OH is 1. The fourth-order valence-corrected chi connectivity index (χ4v) is 1.28. The van der Waals surface area contributed by atoms with Crippen molar-refractivity contribution in [3.63, 3.8) is 0 Å². The summed E-state index contributed by atoms with van der Waals surface area (Å²) in [5.41, 5.74) is 5.09. The van der Waals surface area contributed by atoms with Gasteiger partial charge in [0.05, 0.1) is 11.3 Å². The largest absolute Gasteiger partial charge is 0.479 e. The van der Waals surface area contributed by atoms with Gasteiger partial charge in [0.15, 0.2) is 6.10 Å². The van der Waals surface area contributed by atoms with Crippen molar-refractivity contribution in [1.29, 1.82) is 0 Å². The van der Waals surface area contributed by atoms with Crippen LogP contribution in [0.5, 0.6) is 0 Å². The third-order valence-corrected chi connectivity index (χ3v) is 2.29. The zero-order valence-corrected chi connectivity index (χ0v) is 9.39. The van der Waals surface area contributed by atoms with Crippen LogP contribution < -0.4 is 11.1 Å². The second-order valence-electron chi connectivity index (χ2n) is 3.60. The number of nitrogens with two attached hydrogens (primary N) is 1. The van der Waals surface area contributed by atoms with Gasteiger partial charge in [-0.25, -0.2) is 9.18 Å². The highest BCUT2D eigenvalue weighted by atomic mass is 19.1. The summed E-state index contributed by atoms with van der Waals surface area (Å²) in [7, 11) is 0. The third kappa shape index (κ3) is 3.42. The zero-order chi connectivity index (χ0) is 13.7. The van der Waals surface area contributed by atoms with Crippen LogP contribution in [-0.4, -0.2) is 34.7 Å². The summed E-state index contributed by atoms with van der Waals surface area (Å²) in [6, 6.07) is 3.81. The van der Waals surface area contributed by atoms with Gasteiger partial charge in [-0.2, -0.15) is 0 Å². The molecule has 0 spiro atoms. The van der Waals surface area contributed by atoms with Crippen LogP contribution >= 0.6 is 0 Å². The molecule has 6 nitrogen and oxygen atoms in total. The minimum absolute atomic E-state index is 0.0279. The molecule has 0 bridgehead atoms. The van der Waals surface area contributed by atoms with Crippen LogP contribution in [0.4, 0.5) is 10.1 Å². The maximum Gasteiger partial charge on any atom is 0.332 e. The number of aliphatic carboxylic acids is 1. The van der Waals surface area contributed by atoms with Gasteiger partial charge in [-0.05, 0) is 12.1 Å². The maximum absolute atomic E-state index is 13.1. The molecule has 0 saturated carbocycles. The summed E-state index contributed by atoms with van der Waals surface area (Å²) >= 11 is 0. The van der Waals surface area contributed by atoms with E-state index in [2.05, 4.69) is 5.32 Å². The van der Waals surface area contributed by atoms with E-state index < -0.39 is 23.8 Å². The van der Waals surface area contributed by atoms with E-state index in [1.54, 1.807) is 0 Å². The number of halogens is 1. The molecule has 0 aliphatic heterocycles. The molecule has 7 heteroatoms. The van der Waals surface area contributed by atoms with Gasteiger partial charge in [-0.3, -0.25) is 4.79 Å². The van der Waals surface area contributed by atoms with Crippen LogP contribution in [0.3, 0.4) is 0 Å². The van der Waals surface area contributed by atoms with E-state index in [0.29, 0.717) is 0 Å². The third-order valence-electron chi connectivity index (χ3n) is 2.29. The maximum atomic E-state index is 13.1. The van der Waals surface area contributed by atoms with Gasteiger partial charge in [-0.1, -0.05) is 6.07 Å². The van der Waals surface area contributed by atoms with Crippen LogP contribution in [0, 0.1) is 5.82 Å². The lowest BCUT2D eigenvalue weighted by Crippen LogP contribution is -2.30. The summed E-state index contributed by atoms with van der Waals surface area (Å²) < 4.78 is 13.1. The van der Waals surface area contributed by atoms with Crippen molar-refractivity contribution in [3.8, 4) is 0 Å². The normalized spacial score (nSPS) is 11.9. The number of rotatable bonds is 5. The molecule has 0 unspecified atom stereocenters. The number of carbonyl (C=O) groups excluding carboxylic acids is 1. The number of carbonyl (C=O) groups is 2. The first-order valence-electron chi connectivity index (χ1n) is 5.16. The van der Waals surface area contributed by atoms with Gasteiger partial charge in [0, 0.05) is 13.0 Å². The molecule has 0 fully saturated rings. The van der Waals surface area contributed by atoms with Crippen molar-refractivity contribution in [2.45, 2.75) is 12.5 Å². The molecular formula is C11H13FN2O4. The first kappa shape index (κ1) is 13.9. The summed E-state index contributed by atoms with van der Waals surface area (Å²) in [5.74, 6) is -2.69. The van der Waals surface area contributed by atoms with Crippen molar-refractivity contribution in [1.82, 2.24) is 5.32 Å². The highest BCUT2D eigenvalue weighted by Gasteiger charge is 2.15. The van der Waals surface area contributed by atoms with Gasteiger partial charge in [0.2, 0.25) is 0 Å². The average Bonchev–Trinajstić information content (AvgIpc) is 2.32. The Morgan fingerprint density at radius 1 is 1.44 bits per heavy atom. The lowest BCUT2D eigenvalue weighted by molar-refractivity contribution is -0.146. The fourth-order valence-electron chi connectivity index (χ4n) is 1.28. The van der Waals surface area contributed by atoms with Gasteiger partial charge < -0.3 is 21.3 Å². The number of nitrogens with one attached hydrogen (secondary N) is 1. The van der Waals surface area contributed by atoms with Gasteiger partial charge >= 0.3 is 5.97 Å². The monoisotopic (exact) mass is 256 g/mol. The summed E-state index contributed by atoms with van der Waals surface area (Å²) in [6.07, 6.45) is -1.69. The molecular weight excluding hydrogens is 243 g/mol. The Balaban J connectivity index is 2.56. The van der Waals surface area contributed by atoms with Gasteiger partial charge in [-0.15, -0.1) is 0 Å². The molecule has 1 rings (SSSR count). The SMILES string of the molecule is Nc1c(F)cccc1C(=O)NCC[C@H](O)C(=O)O. The number of para-hydroxylation sites is 1. The molecule has 0 aromatic heterocycles. The molecule has 1 aromatic carbocycles. The lowest BCUT2D eigenvalue weighted by atomic mass is 10.1. The number of benzene rings is 1. The summed E-state index contributed by atoms with van der Waals surface area (Å²) in [4.78, 5) is 21.9. The average molecular weight is 256 g/mol.